The van der Waals surface area contributed by atoms with Gasteiger partial charge in [-0.3, -0.25) is 4.90 Å². The number of nitrogen functional groups attached to an aromatic ring is 1. The highest BCUT2D eigenvalue weighted by Crippen LogP contribution is 2.25. The van der Waals surface area contributed by atoms with E-state index in [0.717, 1.165) is 36.6 Å². The average molecular weight is 266 g/mol. The Labute approximate surface area is 114 Å². The first-order valence-electron chi connectivity index (χ1n) is 6.38. The minimum absolute atomic E-state index is 0.122. The van der Waals surface area contributed by atoms with E-state index in [9.17, 15) is 0 Å². The molecule has 0 amide bonds. The molecule has 1 heterocycles. The lowest BCUT2D eigenvalue weighted by Gasteiger charge is -2.17. The molecule has 2 rings (SSSR count). The first kappa shape index (κ1) is 14.1. The second-order valence-electron chi connectivity index (χ2n) is 4.81. The summed E-state index contributed by atoms with van der Waals surface area (Å²) in [5.74, 6) is 0.865. The number of likely N-dealkylation sites (tertiary alicyclic amines) is 1. The summed E-state index contributed by atoms with van der Waals surface area (Å²) in [4.78, 5) is 2.29. The molecule has 1 aliphatic heterocycles. The van der Waals surface area contributed by atoms with Crippen molar-refractivity contribution in [2.45, 2.75) is 18.8 Å². The number of methoxy groups -OCH3 is 3. The first-order valence-corrected chi connectivity index (χ1v) is 6.38. The summed E-state index contributed by atoms with van der Waals surface area (Å²) in [5.41, 5.74) is 7.68. The lowest BCUT2D eigenvalue weighted by atomic mass is 10.1. The normalized spacial score (nSPS) is 23.7. The molecule has 2 unspecified atom stereocenters. The van der Waals surface area contributed by atoms with Crippen molar-refractivity contribution in [1.82, 2.24) is 4.90 Å². The van der Waals surface area contributed by atoms with Gasteiger partial charge in [-0.25, -0.2) is 0 Å². The molecule has 1 fully saturated rings. The fraction of sp³-hybridized carbons (Fsp3) is 0.571. The lowest BCUT2D eigenvalue weighted by molar-refractivity contribution is -0.00461. The van der Waals surface area contributed by atoms with E-state index in [0.29, 0.717) is 0 Å². The zero-order valence-corrected chi connectivity index (χ0v) is 11.8. The maximum absolute atomic E-state index is 5.84. The van der Waals surface area contributed by atoms with Crippen molar-refractivity contribution < 1.29 is 14.2 Å². The minimum atomic E-state index is 0.122. The van der Waals surface area contributed by atoms with Crippen LogP contribution in [0.1, 0.15) is 5.56 Å². The molecule has 0 bridgehead atoms. The van der Waals surface area contributed by atoms with Gasteiger partial charge >= 0.3 is 0 Å². The van der Waals surface area contributed by atoms with Crippen LogP contribution in [0.15, 0.2) is 18.2 Å². The summed E-state index contributed by atoms with van der Waals surface area (Å²) >= 11 is 0. The number of nitrogens with two attached hydrogens (primary N) is 1. The number of nitrogens with zero attached hydrogens (tertiary/aromatic N) is 1. The maximum Gasteiger partial charge on any atom is 0.123 e. The number of rotatable bonds is 5. The zero-order chi connectivity index (χ0) is 13.8. The van der Waals surface area contributed by atoms with Crippen molar-refractivity contribution in [2.75, 3.05) is 40.2 Å². The van der Waals surface area contributed by atoms with E-state index >= 15 is 0 Å². The van der Waals surface area contributed by atoms with Gasteiger partial charge in [-0.2, -0.15) is 0 Å². The van der Waals surface area contributed by atoms with Gasteiger partial charge in [0.25, 0.3) is 0 Å². The van der Waals surface area contributed by atoms with E-state index in [1.807, 2.05) is 18.2 Å². The van der Waals surface area contributed by atoms with Crippen LogP contribution in [0.4, 0.5) is 5.69 Å². The fourth-order valence-electron chi connectivity index (χ4n) is 2.56. The van der Waals surface area contributed by atoms with Crippen molar-refractivity contribution in [2.24, 2.45) is 0 Å². The smallest absolute Gasteiger partial charge is 0.123 e. The third-order valence-corrected chi connectivity index (χ3v) is 3.59. The molecule has 0 aliphatic carbocycles. The highest BCUT2D eigenvalue weighted by molar-refractivity contribution is 5.47. The largest absolute Gasteiger partial charge is 0.496 e. The Morgan fingerprint density at radius 2 is 1.79 bits per heavy atom. The van der Waals surface area contributed by atoms with Crippen molar-refractivity contribution in [1.29, 1.82) is 0 Å². The van der Waals surface area contributed by atoms with Gasteiger partial charge in [-0.15, -0.1) is 0 Å². The summed E-state index contributed by atoms with van der Waals surface area (Å²) in [5, 5.41) is 0. The molecule has 2 atom stereocenters. The molecule has 0 radical (unpaired) electrons. The van der Waals surface area contributed by atoms with Crippen LogP contribution in [0.25, 0.3) is 0 Å². The lowest BCUT2D eigenvalue weighted by Crippen LogP contribution is -2.27. The highest BCUT2D eigenvalue weighted by Gasteiger charge is 2.33. The van der Waals surface area contributed by atoms with E-state index < -0.39 is 0 Å². The predicted molar refractivity (Wildman–Crippen MR) is 74.3 cm³/mol. The first-order chi connectivity index (χ1) is 9.17. The van der Waals surface area contributed by atoms with Crippen LogP contribution in [0.5, 0.6) is 5.75 Å². The van der Waals surface area contributed by atoms with Gasteiger partial charge in [0.1, 0.15) is 5.75 Å². The van der Waals surface area contributed by atoms with Crippen LogP contribution in [0.3, 0.4) is 0 Å². The van der Waals surface area contributed by atoms with E-state index in [-0.39, 0.29) is 12.2 Å². The van der Waals surface area contributed by atoms with Crippen molar-refractivity contribution in [3.05, 3.63) is 23.8 Å². The standard InChI is InChI=1S/C14H22N2O3/c1-17-12-5-4-11(15)6-10(12)7-16-8-13(18-2)14(9-16)19-3/h4-6,13-14H,7-9,15H2,1-3H3. The van der Waals surface area contributed by atoms with Gasteiger partial charge in [0.2, 0.25) is 0 Å². The van der Waals surface area contributed by atoms with Crippen molar-refractivity contribution >= 4 is 5.69 Å². The third-order valence-electron chi connectivity index (χ3n) is 3.59. The Balaban J connectivity index is 2.08. The van der Waals surface area contributed by atoms with E-state index in [1.165, 1.54) is 0 Å². The minimum Gasteiger partial charge on any atom is -0.496 e. The summed E-state index contributed by atoms with van der Waals surface area (Å²) < 4.78 is 16.3. The molecule has 0 saturated carbocycles. The molecular weight excluding hydrogens is 244 g/mol. The van der Waals surface area contributed by atoms with E-state index in [4.69, 9.17) is 19.9 Å². The summed E-state index contributed by atoms with van der Waals surface area (Å²) in [6.45, 7) is 2.49. The number of hydrogen-bond donors (Lipinski definition) is 1. The Morgan fingerprint density at radius 1 is 1.16 bits per heavy atom. The van der Waals surface area contributed by atoms with Gasteiger partial charge in [0.05, 0.1) is 19.3 Å². The molecule has 5 heteroatoms. The van der Waals surface area contributed by atoms with E-state index in [1.54, 1.807) is 21.3 Å². The molecule has 106 valence electrons. The summed E-state index contributed by atoms with van der Waals surface area (Å²) in [7, 11) is 5.12. The summed E-state index contributed by atoms with van der Waals surface area (Å²) in [6, 6.07) is 5.71. The fourth-order valence-corrected chi connectivity index (χ4v) is 2.56. The molecule has 0 aromatic heterocycles. The van der Waals surface area contributed by atoms with Gasteiger partial charge in [-0.05, 0) is 18.2 Å². The second kappa shape index (κ2) is 6.23. The van der Waals surface area contributed by atoms with Crippen molar-refractivity contribution in [3.63, 3.8) is 0 Å². The Morgan fingerprint density at radius 3 is 2.32 bits per heavy atom. The number of hydrogen-bond acceptors (Lipinski definition) is 5. The van der Waals surface area contributed by atoms with Crippen LogP contribution >= 0.6 is 0 Å². The maximum atomic E-state index is 5.84. The molecule has 2 N–H and O–H groups in total. The molecule has 19 heavy (non-hydrogen) atoms. The van der Waals surface area contributed by atoms with Crippen LogP contribution in [0.2, 0.25) is 0 Å². The van der Waals surface area contributed by atoms with Crippen molar-refractivity contribution in [3.8, 4) is 5.75 Å². The summed E-state index contributed by atoms with van der Waals surface area (Å²) in [6.07, 6.45) is 0.245. The second-order valence-corrected chi connectivity index (χ2v) is 4.81. The molecule has 1 aliphatic rings. The number of anilines is 1. The quantitative estimate of drug-likeness (QED) is 0.809. The Kier molecular flexibility index (Phi) is 4.63. The van der Waals surface area contributed by atoms with Crippen LogP contribution in [-0.4, -0.2) is 51.5 Å². The van der Waals surface area contributed by atoms with Gasteiger partial charge in [0, 0.05) is 45.1 Å². The number of ether oxygens (including phenoxy) is 3. The molecule has 5 nitrogen and oxygen atoms in total. The Bertz CT molecular complexity index is 413. The highest BCUT2D eigenvalue weighted by atomic mass is 16.5. The van der Waals surface area contributed by atoms with Crippen LogP contribution < -0.4 is 10.5 Å². The van der Waals surface area contributed by atoms with Crippen LogP contribution in [0, 0.1) is 0 Å². The average Bonchev–Trinajstić information content (AvgIpc) is 2.81. The molecule has 1 aromatic rings. The SMILES string of the molecule is COc1ccc(N)cc1CN1CC(OC)C(OC)C1. The Hall–Kier alpha value is -1.30. The molecule has 0 spiro atoms. The monoisotopic (exact) mass is 266 g/mol. The van der Waals surface area contributed by atoms with Crippen LogP contribution in [-0.2, 0) is 16.0 Å². The topological polar surface area (TPSA) is 57.0 Å². The molecule has 1 saturated heterocycles. The van der Waals surface area contributed by atoms with Gasteiger partial charge in [-0.1, -0.05) is 0 Å². The molecular formula is C14H22N2O3. The third kappa shape index (κ3) is 3.18. The van der Waals surface area contributed by atoms with Gasteiger partial charge < -0.3 is 19.9 Å². The van der Waals surface area contributed by atoms with E-state index in [2.05, 4.69) is 4.90 Å². The zero-order valence-electron chi connectivity index (χ0n) is 11.8. The molecule has 1 aromatic carbocycles. The van der Waals surface area contributed by atoms with Gasteiger partial charge in [0.15, 0.2) is 0 Å². The number of benzene rings is 1. The predicted octanol–water partition coefficient (Wildman–Crippen LogP) is 1.12.